The van der Waals surface area contributed by atoms with E-state index in [1.807, 2.05) is 13.8 Å². The first-order valence-corrected chi connectivity index (χ1v) is 10.7. The number of carbonyl (C=O) groups is 1. The van der Waals surface area contributed by atoms with Gasteiger partial charge in [0.2, 0.25) is 5.91 Å². The molecule has 2 aromatic rings. The van der Waals surface area contributed by atoms with E-state index >= 15 is 0 Å². The van der Waals surface area contributed by atoms with E-state index < -0.39 is 28.2 Å². The fourth-order valence-electron chi connectivity index (χ4n) is 3.19. The molecule has 27 heavy (non-hydrogen) atoms. The van der Waals surface area contributed by atoms with Gasteiger partial charge >= 0.3 is 0 Å². The van der Waals surface area contributed by atoms with Crippen LogP contribution in [0.3, 0.4) is 0 Å². The third-order valence-electron chi connectivity index (χ3n) is 4.67. The smallest absolute Gasteiger partial charge is 0.280 e. The van der Waals surface area contributed by atoms with E-state index in [0.717, 1.165) is 14.7 Å². The average Bonchev–Trinajstić information content (AvgIpc) is 3.24. The Kier molecular flexibility index (Phi) is 5.39. The van der Waals surface area contributed by atoms with Gasteiger partial charge in [-0.15, -0.1) is 11.3 Å². The fourth-order valence-corrected chi connectivity index (χ4v) is 5.55. The zero-order valence-corrected chi connectivity index (χ0v) is 16.8. The Morgan fingerprint density at radius 3 is 2.89 bits per heavy atom. The first-order valence-electron chi connectivity index (χ1n) is 8.40. The van der Waals surface area contributed by atoms with Crippen molar-refractivity contribution in [1.29, 1.82) is 5.26 Å². The van der Waals surface area contributed by atoms with Gasteiger partial charge in [0, 0.05) is 11.9 Å². The summed E-state index contributed by atoms with van der Waals surface area (Å²) in [6.45, 7) is 3.84. The first kappa shape index (κ1) is 19.6. The molecule has 0 unspecified atom stereocenters. The Hall–Kier alpha value is -2.19. The number of rotatable bonds is 4. The summed E-state index contributed by atoms with van der Waals surface area (Å²) in [7, 11) is -2.49. The number of thiophene rings is 1. The van der Waals surface area contributed by atoms with E-state index in [1.54, 1.807) is 12.1 Å². The number of hydrogen-bond acceptors (Lipinski definition) is 6. The molecule has 0 aromatic carbocycles. The van der Waals surface area contributed by atoms with Crippen LogP contribution < -0.4 is 10.0 Å². The molecule has 8 nitrogen and oxygen atoms in total. The molecule has 0 radical (unpaired) electrons. The number of furan rings is 1. The van der Waals surface area contributed by atoms with Crippen LogP contribution in [0.15, 0.2) is 22.8 Å². The second kappa shape index (κ2) is 7.44. The lowest BCUT2D eigenvalue weighted by Crippen LogP contribution is -2.55. The van der Waals surface area contributed by atoms with Gasteiger partial charge in [0.05, 0.1) is 17.9 Å². The predicted octanol–water partition coefficient (Wildman–Crippen LogP) is 2.30. The summed E-state index contributed by atoms with van der Waals surface area (Å²) in [4.78, 5) is 13.8. The summed E-state index contributed by atoms with van der Waals surface area (Å²) in [6, 6.07) is 3.91. The second-order valence-electron chi connectivity index (χ2n) is 6.25. The molecular formula is C17H20N4O4S2. The van der Waals surface area contributed by atoms with Crippen molar-refractivity contribution in [2.24, 2.45) is 0 Å². The summed E-state index contributed by atoms with van der Waals surface area (Å²) in [6.07, 6.45) is 2.35. The van der Waals surface area contributed by atoms with E-state index in [2.05, 4.69) is 16.1 Å². The molecule has 1 aliphatic heterocycles. The van der Waals surface area contributed by atoms with Crippen LogP contribution in [0, 0.1) is 18.3 Å². The van der Waals surface area contributed by atoms with Gasteiger partial charge in [0.25, 0.3) is 10.2 Å². The quantitative estimate of drug-likeness (QED) is 0.805. The number of aryl methyl sites for hydroxylation is 1. The second-order valence-corrected chi connectivity index (χ2v) is 9.24. The third kappa shape index (κ3) is 3.64. The van der Waals surface area contributed by atoms with Gasteiger partial charge in [-0.25, -0.2) is 0 Å². The highest BCUT2D eigenvalue weighted by Gasteiger charge is 2.41. The van der Waals surface area contributed by atoms with Crippen LogP contribution in [0.4, 0.5) is 5.00 Å². The maximum Gasteiger partial charge on any atom is 0.280 e. The summed E-state index contributed by atoms with van der Waals surface area (Å²) in [5, 5.41) is 12.7. The maximum atomic E-state index is 12.9. The molecule has 1 amide bonds. The van der Waals surface area contributed by atoms with Crippen molar-refractivity contribution in [1.82, 2.24) is 9.03 Å². The molecule has 1 aliphatic rings. The van der Waals surface area contributed by atoms with E-state index in [1.165, 1.54) is 24.6 Å². The molecule has 1 fully saturated rings. The molecule has 2 atom stereocenters. The van der Waals surface area contributed by atoms with Gasteiger partial charge in [-0.3, -0.25) is 4.79 Å². The molecule has 1 saturated heterocycles. The highest BCUT2D eigenvalue weighted by molar-refractivity contribution is 7.87. The largest absolute Gasteiger partial charge is 0.468 e. The molecule has 2 N–H and O–H groups in total. The zero-order valence-electron chi connectivity index (χ0n) is 15.1. The summed E-state index contributed by atoms with van der Waals surface area (Å²) >= 11 is 1.33. The summed E-state index contributed by atoms with van der Waals surface area (Å²) in [5.74, 6) is -0.0260. The normalized spacial score (nSPS) is 22.3. The molecule has 0 saturated carbocycles. The van der Waals surface area contributed by atoms with Gasteiger partial charge in [-0.1, -0.05) is 6.92 Å². The molecule has 3 rings (SSSR count). The highest BCUT2D eigenvalue weighted by Crippen LogP contribution is 2.34. The molecule has 0 spiro atoms. The molecule has 2 aromatic heterocycles. The monoisotopic (exact) mass is 408 g/mol. The van der Waals surface area contributed by atoms with Gasteiger partial charge in [0.15, 0.2) is 0 Å². The van der Waals surface area contributed by atoms with Gasteiger partial charge in [-0.05, 0) is 37.5 Å². The van der Waals surface area contributed by atoms with Crippen LogP contribution in [0.2, 0.25) is 0 Å². The maximum absolute atomic E-state index is 12.9. The lowest BCUT2D eigenvalue weighted by molar-refractivity contribution is -0.120. The summed E-state index contributed by atoms with van der Waals surface area (Å²) < 4.78 is 33.7. The van der Waals surface area contributed by atoms with Crippen molar-refractivity contribution in [3.05, 3.63) is 40.2 Å². The van der Waals surface area contributed by atoms with Crippen molar-refractivity contribution in [3.63, 3.8) is 0 Å². The van der Waals surface area contributed by atoms with Crippen LogP contribution in [0.1, 0.15) is 41.2 Å². The van der Waals surface area contributed by atoms with Gasteiger partial charge in [-0.2, -0.15) is 22.7 Å². The van der Waals surface area contributed by atoms with E-state index in [-0.39, 0.29) is 6.42 Å². The van der Waals surface area contributed by atoms with Crippen LogP contribution in [-0.4, -0.2) is 31.7 Å². The Morgan fingerprint density at radius 2 is 2.30 bits per heavy atom. The number of nitriles is 1. The standard InChI is InChI=1S/C17H20N4O4S2/c1-4-11-10(2)26-17(12(11)9-18)19-16(22)14-8-13(15-6-5-7-25-15)20-27(23,24)21(14)3/h5-7,13-14,20H,4,8H2,1-3H3,(H,19,22)/t13-,14+/m0/s1. The molecule has 10 heteroatoms. The number of amides is 1. The van der Waals surface area contributed by atoms with Crippen molar-refractivity contribution in [2.75, 3.05) is 12.4 Å². The Labute approximate surface area is 162 Å². The van der Waals surface area contributed by atoms with Gasteiger partial charge < -0.3 is 9.73 Å². The first-order chi connectivity index (χ1) is 12.8. The highest BCUT2D eigenvalue weighted by atomic mass is 32.2. The fraction of sp³-hybridized carbons (Fsp3) is 0.412. The van der Waals surface area contributed by atoms with Crippen LogP contribution in [-0.2, 0) is 21.4 Å². The number of nitrogens with zero attached hydrogens (tertiary/aromatic N) is 2. The SMILES string of the molecule is CCc1c(C)sc(NC(=O)[C@H]2C[C@@H](c3ccco3)NS(=O)(=O)N2C)c1C#N. The predicted molar refractivity (Wildman–Crippen MR) is 101 cm³/mol. The van der Waals surface area contributed by atoms with Crippen LogP contribution in [0.5, 0.6) is 0 Å². The van der Waals surface area contributed by atoms with Crippen molar-refractivity contribution >= 4 is 32.5 Å². The number of nitrogens with one attached hydrogen (secondary N) is 2. The van der Waals surface area contributed by atoms with E-state index in [4.69, 9.17) is 4.42 Å². The van der Waals surface area contributed by atoms with Crippen molar-refractivity contribution in [3.8, 4) is 6.07 Å². The van der Waals surface area contributed by atoms with Crippen LogP contribution in [0.25, 0.3) is 0 Å². The Bertz CT molecular complexity index is 989. The van der Waals surface area contributed by atoms with Crippen molar-refractivity contribution in [2.45, 2.75) is 38.8 Å². The minimum atomic E-state index is -3.85. The molecule has 0 aliphatic carbocycles. The Balaban J connectivity index is 1.88. The Morgan fingerprint density at radius 1 is 1.56 bits per heavy atom. The minimum Gasteiger partial charge on any atom is -0.468 e. The number of carbonyl (C=O) groups excluding carboxylic acids is 1. The number of likely N-dealkylation sites (N-methyl/N-ethyl adjacent to an activating group) is 1. The zero-order chi connectivity index (χ0) is 19.8. The third-order valence-corrected chi connectivity index (χ3v) is 7.33. The minimum absolute atomic E-state index is 0.210. The van der Waals surface area contributed by atoms with Crippen molar-refractivity contribution < 1.29 is 17.6 Å². The lowest BCUT2D eigenvalue weighted by Gasteiger charge is -2.35. The topological polar surface area (TPSA) is 115 Å². The molecule has 3 heterocycles. The van der Waals surface area contributed by atoms with E-state index in [9.17, 15) is 18.5 Å². The average molecular weight is 409 g/mol. The van der Waals surface area contributed by atoms with Crippen LogP contribution >= 0.6 is 11.3 Å². The molecular weight excluding hydrogens is 388 g/mol. The number of anilines is 1. The molecule has 0 bridgehead atoms. The lowest BCUT2D eigenvalue weighted by atomic mass is 10.0. The number of hydrogen-bond donors (Lipinski definition) is 2. The summed E-state index contributed by atoms with van der Waals surface area (Å²) in [5.41, 5.74) is 1.34. The van der Waals surface area contributed by atoms with E-state index in [0.29, 0.717) is 22.7 Å². The molecule has 144 valence electrons. The van der Waals surface area contributed by atoms with Gasteiger partial charge in [0.1, 0.15) is 22.9 Å².